The molecule has 88 valence electrons. The fourth-order valence-corrected chi connectivity index (χ4v) is 1.21. The second-order valence-electron chi connectivity index (χ2n) is 3.14. The van der Waals surface area contributed by atoms with Crippen LogP contribution in [0.1, 0.15) is 0 Å². The summed E-state index contributed by atoms with van der Waals surface area (Å²) >= 11 is 0. The molecule has 0 spiro atoms. The zero-order chi connectivity index (χ0) is 12.4. The third-order valence-electron chi connectivity index (χ3n) is 1.98. The first-order valence-electron chi connectivity index (χ1n) is 4.52. The molecule has 0 aliphatic carbocycles. The van der Waals surface area contributed by atoms with E-state index in [2.05, 4.69) is 4.98 Å². The van der Waals surface area contributed by atoms with Crippen molar-refractivity contribution in [3.63, 3.8) is 0 Å². The third kappa shape index (κ3) is 2.27. The molecule has 0 bridgehead atoms. The van der Waals surface area contributed by atoms with Crippen LogP contribution in [-0.4, -0.2) is 15.6 Å². The molecule has 1 aromatic carbocycles. The van der Waals surface area contributed by atoms with E-state index in [0.29, 0.717) is 12.1 Å². The van der Waals surface area contributed by atoms with Crippen LogP contribution in [0.5, 0.6) is 0 Å². The van der Waals surface area contributed by atoms with E-state index >= 15 is 0 Å². The van der Waals surface area contributed by atoms with Crippen molar-refractivity contribution in [2.45, 2.75) is 0 Å². The summed E-state index contributed by atoms with van der Waals surface area (Å²) in [4.78, 5) is 15.0. The van der Waals surface area contributed by atoms with Crippen LogP contribution in [0.4, 0.5) is 23.7 Å². The van der Waals surface area contributed by atoms with Gasteiger partial charge in [0.1, 0.15) is 17.8 Å². The van der Waals surface area contributed by atoms with E-state index in [0.717, 1.165) is 10.9 Å². The van der Waals surface area contributed by atoms with Crippen LogP contribution >= 0.6 is 0 Å². The summed E-state index contributed by atoms with van der Waals surface area (Å²) < 4.78 is 40.0. The molecule has 0 saturated carbocycles. The second-order valence-corrected chi connectivity index (χ2v) is 3.14. The molecular weight excluding hydrogens is 235 g/mol. The van der Waals surface area contributed by atoms with Gasteiger partial charge in [-0.25, -0.2) is 22.9 Å². The van der Waals surface area contributed by atoms with Crippen LogP contribution in [0.3, 0.4) is 0 Å². The fraction of sp³-hybridized carbons (Fsp3) is 0. The Morgan fingerprint density at radius 3 is 2.41 bits per heavy atom. The first kappa shape index (κ1) is 11.2. The summed E-state index contributed by atoms with van der Waals surface area (Å²) in [7, 11) is 0. The van der Waals surface area contributed by atoms with Crippen molar-refractivity contribution >= 4 is 11.7 Å². The highest BCUT2D eigenvalue weighted by Crippen LogP contribution is 2.20. The summed E-state index contributed by atoms with van der Waals surface area (Å²) in [6.07, 6.45) is 3.79. The van der Waals surface area contributed by atoms with Crippen LogP contribution < -0.4 is 5.32 Å². The number of carbonyl (C=O) groups excluding carboxylic acids is 1. The van der Waals surface area contributed by atoms with Gasteiger partial charge in [0.2, 0.25) is 0 Å². The minimum Gasteiger partial charge on any atom is -0.302 e. The highest BCUT2D eigenvalue weighted by molar-refractivity contribution is 5.91. The molecule has 7 heteroatoms. The number of rotatable bonds is 1. The monoisotopic (exact) mass is 241 g/mol. The van der Waals surface area contributed by atoms with Crippen molar-refractivity contribution in [2.24, 2.45) is 0 Å². The lowest BCUT2D eigenvalue weighted by Gasteiger charge is -2.07. The molecule has 0 atom stereocenters. The maximum Gasteiger partial charge on any atom is 0.331 e. The van der Waals surface area contributed by atoms with Gasteiger partial charge in [0, 0.05) is 24.5 Å². The normalized spacial score (nSPS) is 10.3. The Bertz CT molecular complexity index is 531. The molecule has 0 radical (unpaired) electrons. The molecule has 1 amide bonds. The van der Waals surface area contributed by atoms with Crippen LogP contribution in [0, 0.1) is 17.5 Å². The average molecular weight is 241 g/mol. The predicted molar refractivity (Wildman–Crippen MR) is 53.0 cm³/mol. The molecule has 0 aliphatic heterocycles. The Labute approximate surface area is 93.7 Å². The number of aromatic nitrogens is 2. The van der Waals surface area contributed by atoms with E-state index in [9.17, 15) is 18.0 Å². The molecule has 4 nitrogen and oxygen atoms in total. The Balaban J connectivity index is 2.28. The van der Waals surface area contributed by atoms with Crippen LogP contribution in [0.15, 0.2) is 30.9 Å². The first-order chi connectivity index (χ1) is 8.08. The van der Waals surface area contributed by atoms with E-state index in [4.69, 9.17) is 0 Å². The second kappa shape index (κ2) is 4.28. The van der Waals surface area contributed by atoms with Gasteiger partial charge in [-0.1, -0.05) is 0 Å². The summed E-state index contributed by atoms with van der Waals surface area (Å²) in [6, 6.07) is 0.158. The van der Waals surface area contributed by atoms with Crippen molar-refractivity contribution < 1.29 is 18.0 Å². The number of carbonyl (C=O) groups is 1. The van der Waals surface area contributed by atoms with E-state index < -0.39 is 29.2 Å². The first-order valence-corrected chi connectivity index (χ1v) is 4.52. The maximum absolute atomic E-state index is 13.2. The number of imidazole rings is 1. The number of benzene rings is 1. The molecule has 0 saturated heterocycles. The molecule has 0 fully saturated rings. The molecule has 0 aliphatic rings. The number of halogens is 3. The summed E-state index contributed by atoms with van der Waals surface area (Å²) in [6.45, 7) is 0. The van der Waals surface area contributed by atoms with E-state index in [1.165, 1.54) is 12.4 Å². The molecule has 1 aromatic heterocycles. The van der Waals surface area contributed by atoms with Gasteiger partial charge in [-0.15, -0.1) is 0 Å². The van der Waals surface area contributed by atoms with E-state index in [1.807, 2.05) is 5.32 Å². The van der Waals surface area contributed by atoms with Gasteiger partial charge >= 0.3 is 6.03 Å². The SMILES string of the molecule is O=C(Nc1c(F)cc(F)cc1F)n1ccnc1. The Morgan fingerprint density at radius 1 is 1.24 bits per heavy atom. The number of hydrogen-bond donors (Lipinski definition) is 1. The highest BCUT2D eigenvalue weighted by Gasteiger charge is 2.14. The van der Waals surface area contributed by atoms with Gasteiger partial charge in [-0.3, -0.25) is 4.57 Å². The van der Waals surface area contributed by atoms with Crippen LogP contribution in [0.25, 0.3) is 0 Å². The Kier molecular flexibility index (Phi) is 2.82. The molecule has 0 unspecified atom stereocenters. The molecule has 17 heavy (non-hydrogen) atoms. The zero-order valence-electron chi connectivity index (χ0n) is 8.32. The molecular formula is C10H6F3N3O. The topological polar surface area (TPSA) is 46.9 Å². The lowest BCUT2D eigenvalue weighted by Crippen LogP contribution is -2.19. The van der Waals surface area contributed by atoms with E-state index in [-0.39, 0.29) is 0 Å². The number of nitrogens with one attached hydrogen (secondary N) is 1. The average Bonchev–Trinajstić information content (AvgIpc) is 2.76. The van der Waals surface area contributed by atoms with Crippen molar-refractivity contribution in [1.29, 1.82) is 0 Å². The third-order valence-corrected chi connectivity index (χ3v) is 1.98. The van der Waals surface area contributed by atoms with Crippen molar-refractivity contribution in [3.8, 4) is 0 Å². The minimum atomic E-state index is -1.18. The summed E-state index contributed by atoms with van der Waals surface area (Å²) in [5, 5.41) is 1.98. The minimum absolute atomic E-state index is 0.479. The van der Waals surface area contributed by atoms with Crippen molar-refractivity contribution in [2.75, 3.05) is 5.32 Å². The van der Waals surface area contributed by atoms with Crippen molar-refractivity contribution in [1.82, 2.24) is 9.55 Å². The smallest absolute Gasteiger partial charge is 0.302 e. The summed E-state index contributed by atoms with van der Waals surface area (Å²) in [5.74, 6) is -3.42. The van der Waals surface area contributed by atoms with Gasteiger partial charge in [0.15, 0.2) is 11.6 Å². The van der Waals surface area contributed by atoms with Crippen LogP contribution in [0.2, 0.25) is 0 Å². The van der Waals surface area contributed by atoms with Gasteiger partial charge in [0.05, 0.1) is 0 Å². The fourth-order valence-electron chi connectivity index (χ4n) is 1.21. The Hall–Kier alpha value is -2.31. The molecule has 2 rings (SSSR count). The molecule has 1 heterocycles. The predicted octanol–water partition coefficient (Wildman–Crippen LogP) is 2.38. The van der Waals surface area contributed by atoms with Gasteiger partial charge in [-0.05, 0) is 0 Å². The number of anilines is 1. The lowest BCUT2D eigenvalue weighted by atomic mass is 10.3. The number of nitrogens with zero attached hydrogens (tertiary/aromatic N) is 2. The van der Waals surface area contributed by atoms with Gasteiger partial charge < -0.3 is 5.32 Å². The van der Waals surface area contributed by atoms with Gasteiger partial charge in [0.25, 0.3) is 0 Å². The summed E-state index contributed by atoms with van der Waals surface area (Å²) in [5.41, 5.74) is -0.704. The zero-order valence-corrected chi connectivity index (χ0v) is 8.32. The van der Waals surface area contributed by atoms with Crippen molar-refractivity contribution in [3.05, 3.63) is 48.3 Å². The molecule has 1 N–H and O–H groups in total. The Morgan fingerprint density at radius 2 is 1.88 bits per heavy atom. The number of amides is 1. The van der Waals surface area contributed by atoms with E-state index in [1.54, 1.807) is 0 Å². The lowest BCUT2D eigenvalue weighted by molar-refractivity contribution is 0.253. The van der Waals surface area contributed by atoms with Crippen LogP contribution in [-0.2, 0) is 0 Å². The quantitative estimate of drug-likeness (QED) is 0.833. The number of hydrogen-bond acceptors (Lipinski definition) is 2. The largest absolute Gasteiger partial charge is 0.331 e. The highest BCUT2D eigenvalue weighted by atomic mass is 19.1. The van der Waals surface area contributed by atoms with Gasteiger partial charge in [-0.2, -0.15) is 0 Å². The standard InChI is InChI=1S/C10H6F3N3O/c11-6-3-7(12)9(8(13)4-6)15-10(17)16-2-1-14-5-16/h1-5H,(H,15,17). The molecule has 2 aromatic rings. The maximum atomic E-state index is 13.2.